The molecule has 1 aromatic heterocycles. The summed E-state index contributed by atoms with van der Waals surface area (Å²) in [5.74, 6) is 1.74. The molecule has 2 aromatic rings. The van der Waals surface area contributed by atoms with Gasteiger partial charge in [-0.2, -0.15) is 5.10 Å². The summed E-state index contributed by atoms with van der Waals surface area (Å²) in [5, 5.41) is 8.13. The molecule has 0 aliphatic heterocycles. The molecule has 1 N–H and O–H groups in total. The van der Waals surface area contributed by atoms with Gasteiger partial charge >= 0.3 is 0 Å². The summed E-state index contributed by atoms with van der Waals surface area (Å²) in [6, 6.07) is 8.12. The van der Waals surface area contributed by atoms with E-state index >= 15 is 0 Å². The van der Waals surface area contributed by atoms with E-state index in [0.717, 1.165) is 43.3 Å². The second-order valence-electron chi connectivity index (χ2n) is 6.31. The van der Waals surface area contributed by atoms with Crippen LogP contribution in [0.3, 0.4) is 0 Å². The van der Waals surface area contributed by atoms with Crippen LogP contribution in [0.25, 0.3) is 0 Å². The van der Waals surface area contributed by atoms with Gasteiger partial charge in [-0.05, 0) is 30.5 Å². The Bertz CT molecular complexity index is 733. The molecule has 0 aliphatic carbocycles. The summed E-state index contributed by atoms with van der Waals surface area (Å²) in [5.41, 5.74) is 4.94. The van der Waals surface area contributed by atoms with Crippen molar-refractivity contribution in [2.45, 2.75) is 39.8 Å². The molecule has 0 bridgehead atoms. The monoisotopic (exact) mass is 357 g/mol. The number of methoxy groups -OCH3 is 1. The quantitative estimate of drug-likeness (QED) is 0.611. The van der Waals surface area contributed by atoms with Crippen LogP contribution in [0.2, 0.25) is 0 Å². The molecule has 0 saturated carbocycles. The van der Waals surface area contributed by atoms with E-state index in [2.05, 4.69) is 46.3 Å². The number of ether oxygens (including phenoxy) is 1. The van der Waals surface area contributed by atoms with Crippen LogP contribution in [-0.2, 0) is 33.0 Å². The average molecular weight is 358 g/mol. The van der Waals surface area contributed by atoms with Gasteiger partial charge in [0.15, 0.2) is 5.96 Å². The van der Waals surface area contributed by atoms with Gasteiger partial charge in [-0.3, -0.25) is 9.67 Å². The van der Waals surface area contributed by atoms with Crippen molar-refractivity contribution in [1.29, 1.82) is 0 Å². The summed E-state index contributed by atoms with van der Waals surface area (Å²) < 4.78 is 7.22. The highest BCUT2D eigenvalue weighted by Crippen LogP contribution is 2.16. The second-order valence-corrected chi connectivity index (χ2v) is 6.31. The molecule has 0 spiro atoms. The highest BCUT2D eigenvalue weighted by molar-refractivity contribution is 5.79. The lowest BCUT2D eigenvalue weighted by atomic mass is 10.1. The van der Waals surface area contributed by atoms with Crippen LogP contribution in [0, 0.1) is 0 Å². The summed E-state index contributed by atoms with van der Waals surface area (Å²) in [6.07, 6.45) is 1.91. The minimum atomic E-state index is 0.736. The molecule has 1 heterocycles. The van der Waals surface area contributed by atoms with E-state index < -0.39 is 0 Å². The van der Waals surface area contributed by atoms with Gasteiger partial charge < -0.3 is 15.0 Å². The Labute approximate surface area is 156 Å². The van der Waals surface area contributed by atoms with Gasteiger partial charge in [0.25, 0.3) is 0 Å². The number of guanidine groups is 1. The third-order valence-electron chi connectivity index (χ3n) is 4.60. The third kappa shape index (κ3) is 4.56. The van der Waals surface area contributed by atoms with E-state index in [1.807, 2.05) is 38.0 Å². The molecular formula is C20H31N5O. The lowest BCUT2D eigenvalue weighted by Gasteiger charge is -2.22. The van der Waals surface area contributed by atoms with E-state index in [1.165, 1.54) is 16.8 Å². The van der Waals surface area contributed by atoms with Crippen LogP contribution < -0.4 is 10.1 Å². The van der Waals surface area contributed by atoms with E-state index in [-0.39, 0.29) is 0 Å². The first-order valence-corrected chi connectivity index (χ1v) is 9.12. The van der Waals surface area contributed by atoms with Crippen molar-refractivity contribution < 1.29 is 4.74 Å². The fourth-order valence-corrected chi connectivity index (χ4v) is 3.23. The molecule has 142 valence electrons. The van der Waals surface area contributed by atoms with Gasteiger partial charge in [-0.15, -0.1) is 0 Å². The highest BCUT2D eigenvalue weighted by Gasteiger charge is 2.15. The fraction of sp³-hybridized carbons (Fsp3) is 0.500. The molecule has 6 heteroatoms. The van der Waals surface area contributed by atoms with Crippen molar-refractivity contribution in [3.05, 3.63) is 46.8 Å². The fourth-order valence-electron chi connectivity index (χ4n) is 3.23. The number of nitrogens with zero attached hydrogens (tertiary/aromatic N) is 4. The van der Waals surface area contributed by atoms with Gasteiger partial charge in [0, 0.05) is 45.5 Å². The number of aryl methyl sites for hydroxylation is 2. The van der Waals surface area contributed by atoms with E-state index in [1.54, 1.807) is 7.11 Å². The van der Waals surface area contributed by atoms with Crippen LogP contribution in [0.4, 0.5) is 0 Å². The Balaban J connectivity index is 2.05. The first kappa shape index (κ1) is 19.8. The van der Waals surface area contributed by atoms with Gasteiger partial charge in [0.05, 0.1) is 12.8 Å². The summed E-state index contributed by atoms with van der Waals surface area (Å²) in [7, 11) is 7.56. The maximum Gasteiger partial charge on any atom is 0.193 e. The van der Waals surface area contributed by atoms with E-state index in [0.29, 0.717) is 0 Å². The zero-order valence-corrected chi connectivity index (χ0v) is 16.8. The molecule has 2 rings (SSSR count). The topological polar surface area (TPSA) is 54.7 Å². The third-order valence-corrected chi connectivity index (χ3v) is 4.60. The Morgan fingerprint density at radius 2 is 1.92 bits per heavy atom. The molecule has 6 nitrogen and oxygen atoms in total. The molecule has 0 radical (unpaired) electrons. The van der Waals surface area contributed by atoms with Crippen LogP contribution in [-0.4, -0.2) is 41.8 Å². The number of aliphatic imine (C=N–C) groups is 1. The van der Waals surface area contributed by atoms with Gasteiger partial charge in [0.1, 0.15) is 5.75 Å². The van der Waals surface area contributed by atoms with Gasteiger partial charge in [-0.1, -0.05) is 26.0 Å². The lowest BCUT2D eigenvalue weighted by Crippen LogP contribution is -2.38. The number of aromatic nitrogens is 2. The summed E-state index contributed by atoms with van der Waals surface area (Å²) >= 11 is 0. The minimum Gasteiger partial charge on any atom is -0.497 e. The SMILES string of the molecule is CCc1nn(C)c(CC)c1CNC(=NC)N(C)Cc1ccc(OC)cc1. The van der Waals surface area contributed by atoms with Crippen LogP contribution >= 0.6 is 0 Å². The van der Waals surface area contributed by atoms with Crippen LogP contribution in [0.1, 0.15) is 36.4 Å². The molecule has 0 atom stereocenters. The highest BCUT2D eigenvalue weighted by atomic mass is 16.5. The Morgan fingerprint density at radius 3 is 2.46 bits per heavy atom. The summed E-state index contributed by atoms with van der Waals surface area (Å²) in [6.45, 7) is 5.83. The molecule has 0 fully saturated rings. The number of hydrogen-bond acceptors (Lipinski definition) is 3. The van der Waals surface area contributed by atoms with E-state index in [9.17, 15) is 0 Å². The Kier molecular flexibility index (Phi) is 7.06. The molecule has 0 amide bonds. The van der Waals surface area contributed by atoms with Crippen molar-refractivity contribution >= 4 is 5.96 Å². The molecule has 1 aromatic carbocycles. The maximum absolute atomic E-state index is 5.22. The zero-order valence-electron chi connectivity index (χ0n) is 16.8. The largest absolute Gasteiger partial charge is 0.497 e. The van der Waals surface area contributed by atoms with Crippen molar-refractivity contribution in [1.82, 2.24) is 20.0 Å². The average Bonchev–Trinajstić information content (AvgIpc) is 2.97. The summed E-state index contributed by atoms with van der Waals surface area (Å²) in [4.78, 5) is 6.55. The molecular weight excluding hydrogens is 326 g/mol. The van der Waals surface area contributed by atoms with Gasteiger partial charge in [-0.25, -0.2) is 0 Å². The van der Waals surface area contributed by atoms with Crippen LogP contribution in [0.5, 0.6) is 5.75 Å². The van der Waals surface area contributed by atoms with Crippen molar-refractivity contribution in [3.63, 3.8) is 0 Å². The number of benzene rings is 1. The number of rotatable bonds is 7. The van der Waals surface area contributed by atoms with Gasteiger partial charge in [0.2, 0.25) is 0 Å². The van der Waals surface area contributed by atoms with Crippen molar-refractivity contribution in [2.75, 3.05) is 21.2 Å². The standard InChI is InChI=1S/C20H31N5O/c1-7-18-17(19(8-2)25(5)23-18)13-22-20(21-3)24(4)14-15-9-11-16(26-6)12-10-15/h9-12H,7-8,13-14H2,1-6H3,(H,21,22). The number of nitrogens with one attached hydrogen (secondary N) is 1. The minimum absolute atomic E-state index is 0.736. The zero-order chi connectivity index (χ0) is 19.1. The maximum atomic E-state index is 5.22. The first-order chi connectivity index (χ1) is 12.5. The predicted molar refractivity (Wildman–Crippen MR) is 107 cm³/mol. The molecule has 26 heavy (non-hydrogen) atoms. The van der Waals surface area contributed by atoms with Crippen molar-refractivity contribution in [2.24, 2.45) is 12.0 Å². The lowest BCUT2D eigenvalue weighted by molar-refractivity contribution is 0.414. The second kappa shape index (κ2) is 9.27. The molecule has 0 unspecified atom stereocenters. The predicted octanol–water partition coefficient (Wildman–Crippen LogP) is 2.76. The molecule has 0 saturated heterocycles. The molecule has 0 aliphatic rings. The van der Waals surface area contributed by atoms with E-state index in [4.69, 9.17) is 4.74 Å². The Hall–Kier alpha value is -2.50. The van der Waals surface area contributed by atoms with Crippen molar-refractivity contribution in [3.8, 4) is 5.75 Å². The first-order valence-electron chi connectivity index (χ1n) is 9.12. The smallest absolute Gasteiger partial charge is 0.193 e. The number of hydrogen-bond donors (Lipinski definition) is 1. The van der Waals surface area contributed by atoms with Crippen LogP contribution in [0.15, 0.2) is 29.3 Å². The Morgan fingerprint density at radius 1 is 1.23 bits per heavy atom. The normalized spacial score (nSPS) is 11.5.